The number of likely N-dealkylation sites (tertiary alicyclic amines) is 1. The van der Waals surface area contributed by atoms with E-state index in [0.29, 0.717) is 35.9 Å². The number of rotatable bonds is 5. The van der Waals surface area contributed by atoms with Gasteiger partial charge in [-0.05, 0) is 62.1 Å². The highest BCUT2D eigenvalue weighted by molar-refractivity contribution is 6.04. The lowest BCUT2D eigenvalue weighted by molar-refractivity contribution is -0.148. The average molecular weight is 470 g/mol. The third-order valence-corrected chi connectivity index (χ3v) is 6.76. The second kappa shape index (κ2) is 8.84. The number of ether oxygens (including phenoxy) is 1. The van der Waals surface area contributed by atoms with Crippen LogP contribution in [0, 0.1) is 17.3 Å². The molecule has 35 heavy (non-hydrogen) atoms. The number of nitrogen functional groups attached to an aromatic ring is 1. The molecule has 8 heteroatoms. The van der Waals surface area contributed by atoms with Gasteiger partial charge in [-0.1, -0.05) is 24.1 Å². The molecule has 0 atom stereocenters. The van der Waals surface area contributed by atoms with E-state index in [9.17, 15) is 9.59 Å². The molecule has 1 spiro atoms. The molecule has 2 fully saturated rings. The quantitative estimate of drug-likeness (QED) is 0.557. The minimum absolute atomic E-state index is 0.0855. The van der Waals surface area contributed by atoms with Gasteiger partial charge in [0.25, 0.3) is 11.8 Å². The van der Waals surface area contributed by atoms with Crippen molar-refractivity contribution in [3.05, 3.63) is 60.2 Å². The molecule has 1 saturated carbocycles. The average Bonchev–Trinajstić information content (AvgIpc) is 3.15. The van der Waals surface area contributed by atoms with Gasteiger partial charge in [0, 0.05) is 31.1 Å². The Bertz CT molecular complexity index is 1320. The van der Waals surface area contributed by atoms with Gasteiger partial charge in [-0.15, -0.1) is 0 Å². The fourth-order valence-corrected chi connectivity index (χ4v) is 5.05. The number of hydrogen-bond donors (Lipinski definition) is 2. The van der Waals surface area contributed by atoms with Crippen molar-refractivity contribution in [1.29, 1.82) is 0 Å². The van der Waals surface area contributed by atoms with Crippen molar-refractivity contribution in [2.75, 3.05) is 25.9 Å². The van der Waals surface area contributed by atoms with Crippen LogP contribution in [0.2, 0.25) is 0 Å². The Balaban J connectivity index is 1.35. The summed E-state index contributed by atoms with van der Waals surface area (Å²) in [5.74, 6) is 6.65. The highest BCUT2D eigenvalue weighted by atomic mass is 16.5. The van der Waals surface area contributed by atoms with Crippen molar-refractivity contribution in [3.63, 3.8) is 0 Å². The van der Waals surface area contributed by atoms with Gasteiger partial charge in [-0.25, -0.2) is 4.68 Å². The molecule has 1 aliphatic heterocycles. The van der Waals surface area contributed by atoms with E-state index < -0.39 is 0 Å². The van der Waals surface area contributed by atoms with Crippen LogP contribution in [0.5, 0.6) is 11.5 Å². The standard InChI is InChI=1S/C27H27N5O3/c1-3-7-22(33)31-16-27(17-31)14-19(15-27)32-25(28)23(26(34)29-2)24(30-32)18-10-12-21(13-11-18)35-20-8-5-4-6-9-20/h4-6,8-13,19H,14-17,28H2,1-2H3,(H,29,34). The maximum Gasteiger partial charge on any atom is 0.298 e. The Morgan fingerprint density at radius 3 is 2.37 bits per heavy atom. The topological polar surface area (TPSA) is 102 Å². The minimum atomic E-state index is -0.277. The summed E-state index contributed by atoms with van der Waals surface area (Å²) in [5.41, 5.74) is 8.24. The van der Waals surface area contributed by atoms with Crippen LogP contribution in [0.1, 0.15) is 36.2 Å². The Kier molecular flexibility index (Phi) is 5.69. The minimum Gasteiger partial charge on any atom is -0.457 e. The van der Waals surface area contributed by atoms with Crippen LogP contribution in [-0.4, -0.2) is 46.6 Å². The Morgan fingerprint density at radius 2 is 1.74 bits per heavy atom. The molecule has 0 unspecified atom stereocenters. The van der Waals surface area contributed by atoms with E-state index in [1.165, 1.54) is 0 Å². The normalized spacial score (nSPS) is 16.0. The van der Waals surface area contributed by atoms with Crippen LogP contribution in [0.25, 0.3) is 11.3 Å². The van der Waals surface area contributed by atoms with Crippen LogP contribution in [0.4, 0.5) is 5.82 Å². The SMILES string of the molecule is CC#CC(=O)N1CC2(CC(n3nc(-c4ccc(Oc5ccccc5)cc4)c(C(=O)NC)c3N)C2)C1. The van der Waals surface area contributed by atoms with Crippen LogP contribution in [0.3, 0.4) is 0 Å². The number of para-hydroxylation sites is 1. The van der Waals surface area contributed by atoms with E-state index >= 15 is 0 Å². The fraction of sp³-hybridized carbons (Fsp3) is 0.296. The number of anilines is 1. The molecule has 1 aromatic heterocycles. The lowest BCUT2D eigenvalue weighted by Crippen LogP contribution is -2.63. The fourth-order valence-electron chi connectivity index (χ4n) is 5.05. The number of aromatic nitrogens is 2. The molecule has 5 rings (SSSR count). The van der Waals surface area contributed by atoms with Gasteiger partial charge in [0.05, 0.1) is 6.04 Å². The molecule has 178 valence electrons. The first kappa shape index (κ1) is 22.5. The highest BCUT2D eigenvalue weighted by Gasteiger charge is 2.54. The van der Waals surface area contributed by atoms with Gasteiger partial charge in [-0.2, -0.15) is 5.10 Å². The van der Waals surface area contributed by atoms with Crippen molar-refractivity contribution < 1.29 is 14.3 Å². The third kappa shape index (κ3) is 4.10. The Hall–Kier alpha value is -4.25. The zero-order valence-electron chi connectivity index (χ0n) is 19.7. The maximum absolute atomic E-state index is 12.7. The molecule has 2 amide bonds. The van der Waals surface area contributed by atoms with Crippen LogP contribution in [0.15, 0.2) is 54.6 Å². The first-order valence-corrected chi connectivity index (χ1v) is 11.6. The summed E-state index contributed by atoms with van der Waals surface area (Å²) in [6.07, 6.45) is 1.72. The van der Waals surface area contributed by atoms with E-state index in [1.54, 1.807) is 23.6 Å². The van der Waals surface area contributed by atoms with Gasteiger partial charge in [0.15, 0.2) is 0 Å². The summed E-state index contributed by atoms with van der Waals surface area (Å²) in [4.78, 5) is 26.5. The van der Waals surface area contributed by atoms with Crippen LogP contribution < -0.4 is 15.8 Å². The van der Waals surface area contributed by atoms with E-state index in [1.807, 2.05) is 54.6 Å². The summed E-state index contributed by atoms with van der Waals surface area (Å²) in [6, 6.07) is 17.1. The molecular weight excluding hydrogens is 442 g/mol. The maximum atomic E-state index is 12.7. The lowest BCUT2D eigenvalue weighted by Gasteiger charge is -2.58. The summed E-state index contributed by atoms with van der Waals surface area (Å²) < 4.78 is 7.65. The van der Waals surface area contributed by atoms with E-state index in [4.69, 9.17) is 15.6 Å². The Morgan fingerprint density at radius 1 is 1.09 bits per heavy atom. The molecule has 8 nitrogen and oxygen atoms in total. The second-order valence-electron chi connectivity index (χ2n) is 9.17. The molecule has 2 heterocycles. The number of nitrogens with one attached hydrogen (secondary N) is 1. The molecule has 1 saturated heterocycles. The van der Waals surface area contributed by atoms with Crippen molar-refractivity contribution in [1.82, 2.24) is 20.0 Å². The molecule has 2 aliphatic rings. The number of nitrogens with zero attached hydrogens (tertiary/aromatic N) is 3. The Labute approximate surface area is 204 Å². The number of carbonyl (C=O) groups is 2. The third-order valence-electron chi connectivity index (χ3n) is 6.76. The van der Waals surface area contributed by atoms with Crippen molar-refractivity contribution in [3.8, 4) is 34.6 Å². The molecule has 0 bridgehead atoms. The van der Waals surface area contributed by atoms with E-state index in [0.717, 1.165) is 24.2 Å². The number of nitrogens with two attached hydrogens (primary N) is 1. The molecule has 3 aromatic rings. The molecule has 0 radical (unpaired) electrons. The van der Waals surface area contributed by atoms with Crippen molar-refractivity contribution >= 4 is 17.6 Å². The molecule has 3 N–H and O–H groups in total. The predicted octanol–water partition coefficient (Wildman–Crippen LogP) is 3.47. The van der Waals surface area contributed by atoms with Gasteiger partial charge in [-0.3, -0.25) is 9.59 Å². The highest BCUT2D eigenvalue weighted by Crippen LogP contribution is 2.54. The van der Waals surface area contributed by atoms with E-state index in [2.05, 4.69) is 17.2 Å². The summed E-state index contributed by atoms with van der Waals surface area (Å²) in [7, 11) is 1.58. The zero-order valence-corrected chi connectivity index (χ0v) is 19.7. The molecule has 2 aromatic carbocycles. The first-order chi connectivity index (χ1) is 16.9. The zero-order chi connectivity index (χ0) is 24.6. The van der Waals surface area contributed by atoms with Gasteiger partial charge < -0.3 is 20.7 Å². The van der Waals surface area contributed by atoms with Crippen molar-refractivity contribution in [2.45, 2.75) is 25.8 Å². The first-order valence-electron chi connectivity index (χ1n) is 11.6. The summed E-state index contributed by atoms with van der Waals surface area (Å²) in [5, 5.41) is 7.46. The smallest absolute Gasteiger partial charge is 0.298 e. The van der Waals surface area contributed by atoms with Gasteiger partial charge in [0.1, 0.15) is 28.6 Å². The molecule has 1 aliphatic carbocycles. The summed E-state index contributed by atoms with van der Waals surface area (Å²) >= 11 is 0. The van der Waals surface area contributed by atoms with Gasteiger partial charge in [0.2, 0.25) is 0 Å². The van der Waals surface area contributed by atoms with E-state index in [-0.39, 0.29) is 23.3 Å². The lowest BCUT2D eigenvalue weighted by atomic mass is 9.60. The predicted molar refractivity (Wildman–Crippen MR) is 133 cm³/mol. The van der Waals surface area contributed by atoms with Crippen LogP contribution in [-0.2, 0) is 4.79 Å². The number of amides is 2. The number of carbonyl (C=O) groups excluding carboxylic acids is 2. The van der Waals surface area contributed by atoms with Crippen molar-refractivity contribution in [2.24, 2.45) is 5.41 Å². The van der Waals surface area contributed by atoms with Crippen LogP contribution >= 0.6 is 0 Å². The monoisotopic (exact) mass is 469 g/mol. The van der Waals surface area contributed by atoms with Gasteiger partial charge >= 0.3 is 0 Å². The number of benzene rings is 2. The number of hydrogen-bond acceptors (Lipinski definition) is 5. The molecular formula is C27H27N5O3. The largest absolute Gasteiger partial charge is 0.457 e. The summed E-state index contributed by atoms with van der Waals surface area (Å²) in [6.45, 7) is 3.07. The second-order valence-corrected chi connectivity index (χ2v) is 9.17.